The van der Waals surface area contributed by atoms with E-state index in [9.17, 15) is 9.59 Å². The zero-order chi connectivity index (χ0) is 21.8. The zero-order valence-corrected chi connectivity index (χ0v) is 18.2. The van der Waals surface area contributed by atoms with Crippen LogP contribution in [0.2, 0.25) is 5.02 Å². The number of aromatic nitrogens is 2. The number of carbonyl (C=O) groups excluding carboxylic acids is 2. The van der Waals surface area contributed by atoms with Gasteiger partial charge >= 0.3 is 0 Å². The van der Waals surface area contributed by atoms with E-state index in [1.807, 2.05) is 53.3 Å². The van der Waals surface area contributed by atoms with Crippen molar-refractivity contribution in [3.63, 3.8) is 0 Å². The summed E-state index contributed by atoms with van der Waals surface area (Å²) >= 11 is 6.22. The highest BCUT2D eigenvalue weighted by Crippen LogP contribution is 2.25. The molecule has 0 saturated carbocycles. The number of hydrogen-bond donors (Lipinski definition) is 0. The summed E-state index contributed by atoms with van der Waals surface area (Å²) in [6, 6.07) is 17.6. The van der Waals surface area contributed by atoms with Gasteiger partial charge in [-0.1, -0.05) is 60.1 Å². The van der Waals surface area contributed by atoms with Crippen LogP contribution in [-0.2, 0) is 29.2 Å². The van der Waals surface area contributed by atoms with E-state index in [-0.39, 0.29) is 24.2 Å². The molecule has 2 aromatic carbocycles. The van der Waals surface area contributed by atoms with Gasteiger partial charge in [-0.2, -0.15) is 5.10 Å². The van der Waals surface area contributed by atoms with Gasteiger partial charge in [-0.15, -0.1) is 0 Å². The molecule has 2 amide bonds. The van der Waals surface area contributed by atoms with Crippen LogP contribution in [0.5, 0.6) is 0 Å². The van der Waals surface area contributed by atoms with Crippen molar-refractivity contribution in [2.45, 2.75) is 26.1 Å². The Balaban J connectivity index is 1.33. The van der Waals surface area contributed by atoms with Crippen LogP contribution in [0.25, 0.3) is 0 Å². The summed E-state index contributed by atoms with van der Waals surface area (Å²) < 4.78 is 1.87. The first-order valence-electron chi connectivity index (χ1n) is 10.3. The maximum Gasteiger partial charge on any atom is 0.228 e. The summed E-state index contributed by atoms with van der Waals surface area (Å²) in [5.74, 6) is -0.368. The fourth-order valence-corrected chi connectivity index (χ4v) is 4.13. The van der Waals surface area contributed by atoms with Crippen LogP contribution < -0.4 is 0 Å². The van der Waals surface area contributed by atoms with Crippen LogP contribution in [0, 0.1) is 5.92 Å². The van der Waals surface area contributed by atoms with Gasteiger partial charge < -0.3 is 9.80 Å². The van der Waals surface area contributed by atoms with E-state index in [0.717, 1.165) is 11.1 Å². The summed E-state index contributed by atoms with van der Waals surface area (Å²) in [5, 5.41) is 5.04. The number of halogens is 1. The van der Waals surface area contributed by atoms with Crippen LogP contribution in [0.15, 0.2) is 67.0 Å². The highest BCUT2D eigenvalue weighted by molar-refractivity contribution is 6.31. The Morgan fingerprint density at radius 2 is 1.84 bits per heavy atom. The van der Waals surface area contributed by atoms with E-state index >= 15 is 0 Å². The molecule has 1 aliphatic rings. The predicted molar refractivity (Wildman–Crippen MR) is 119 cm³/mol. The Morgan fingerprint density at radius 3 is 2.61 bits per heavy atom. The molecule has 0 aliphatic carbocycles. The molecule has 0 spiro atoms. The fraction of sp³-hybridized carbons (Fsp3) is 0.292. The highest BCUT2D eigenvalue weighted by atomic mass is 35.5. The van der Waals surface area contributed by atoms with E-state index in [4.69, 9.17) is 11.6 Å². The maximum atomic E-state index is 13.0. The number of amides is 2. The molecule has 1 fully saturated rings. The van der Waals surface area contributed by atoms with Gasteiger partial charge in [0.1, 0.15) is 0 Å². The van der Waals surface area contributed by atoms with Gasteiger partial charge in [-0.25, -0.2) is 0 Å². The minimum atomic E-state index is -0.334. The molecule has 0 radical (unpaired) electrons. The lowest BCUT2D eigenvalue weighted by Gasteiger charge is -2.21. The third kappa shape index (κ3) is 5.14. The second kappa shape index (κ2) is 9.35. The molecule has 4 rings (SSSR count). The molecular formula is C24H25ClN4O2. The van der Waals surface area contributed by atoms with E-state index in [1.54, 1.807) is 23.0 Å². The number of hydrogen-bond acceptors (Lipinski definition) is 3. The fourth-order valence-electron chi connectivity index (χ4n) is 3.93. The Morgan fingerprint density at radius 1 is 1.10 bits per heavy atom. The maximum absolute atomic E-state index is 13.0. The molecule has 0 unspecified atom stereocenters. The lowest BCUT2D eigenvalue weighted by Crippen LogP contribution is -2.34. The first-order chi connectivity index (χ1) is 15.0. The molecule has 7 heteroatoms. The normalized spacial score (nSPS) is 16.0. The van der Waals surface area contributed by atoms with Crippen LogP contribution in [-0.4, -0.2) is 45.0 Å². The van der Waals surface area contributed by atoms with E-state index in [2.05, 4.69) is 17.2 Å². The number of carbonyl (C=O) groups is 2. The first-order valence-corrected chi connectivity index (χ1v) is 10.7. The van der Waals surface area contributed by atoms with Gasteiger partial charge in [0.2, 0.25) is 11.8 Å². The van der Waals surface area contributed by atoms with Crippen LogP contribution >= 0.6 is 11.6 Å². The van der Waals surface area contributed by atoms with Gasteiger partial charge in [0.15, 0.2) is 0 Å². The molecule has 6 nitrogen and oxygen atoms in total. The quantitative estimate of drug-likeness (QED) is 0.568. The van der Waals surface area contributed by atoms with Crippen LogP contribution in [0.4, 0.5) is 0 Å². The van der Waals surface area contributed by atoms with Gasteiger partial charge in [0.25, 0.3) is 0 Å². The number of likely N-dealkylation sites (tertiary alicyclic amines) is 1. The van der Waals surface area contributed by atoms with E-state index in [0.29, 0.717) is 31.2 Å². The third-order valence-corrected chi connectivity index (χ3v) is 5.92. The predicted octanol–water partition coefficient (Wildman–Crippen LogP) is 3.59. The topological polar surface area (TPSA) is 58.4 Å². The lowest BCUT2D eigenvalue weighted by atomic mass is 10.1. The molecule has 0 bridgehead atoms. The summed E-state index contributed by atoms with van der Waals surface area (Å²) in [5.41, 5.74) is 3.03. The number of rotatable bonds is 7. The largest absolute Gasteiger partial charge is 0.341 e. The molecule has 0 N–H and O–H groups in total. The molecule has 160 valence electrons. The average Bonchev–Trinajstić information content (AvgIpc) is 3.36. The summed E-state index contributed by atoms with van der Waals surface area (Å²) in [7, 11) is 1.78. The summed E-state index contributed by atoms with van der Waals surface area (Å²) in [6.07, 6.45) is 3.98. The van der Waals surface area contributed by atoms with Gasteiger partial charge in [-0.05, 0) is 17.2 Å². The average molecular weight is 437 g/mol. The Kier molecular flexibility index (Phi) is 6.37. The number of benzene rings is 2. The second-order valence-corrected chi connectivity index (χ2v) is 8.40. The van der Waals surface area contributed by atoms with Gasteiger partial charge in [0.05, 0.1) is 18.7 Å². The van der Waals surface area contributed by atoms with Gasteiger partial charge in [-0.3, -0.25) is 14.3 Å². The molecule has 1 aliphatic heterocycles. The minimum absolute atomic E-state index is 0.0117. The first kappa shape index (κ1) is 21.1. The SMILES string of the molecule is CN(Cc1cnn(Cc2ccccc2)c1)C(=O)[C@@H]1CC(=O)N(Cc2ccccc2Cl)C1. The van der Waals surface area contributed by atoms with E-state index in [1.165, 1.54) is 5.56 Å². The molecule has 31 heavy (non-hydrogen) atoms. The Labute approximate surface area is 187 Å². The molecule has 1 aromatic heterocycles. The highest BCUT2D eigenvalue weighted by Gasteiger charge is 2.35. The molecule has 1 saturated heterocycles. The van der Waals surface area contributed by atoms with Crippen molar-refractivity contribution >= 4 is 23.4 Å². The third-order valence-electron chi connectivity index (χ3n) is 5.55. The van der Waals surface area contributed by atoms with Crippen molar-refractivity contribution in [1.82, 2.24) is 19.6 Å². The number of nitrogens with zero attached hydrogens (tertiary/aromatic N) is 4. The molecule has 3 aromatic rings. The minimum Gasteiger partial charge on any atom is -0.341 e. The van der Waals surface area contributed by atoms with Crippen molar-refractivity contribution in [1.29, 1.82) is 0 Å². The van der Waals surface area contributed by atoms with Crippen molar-refractivity contribution < 1.29 is 9.59 Å². The van der Waals surface area contributed by atoms with Gasteiger partial charge in [0, 0.05) is 49.9 Å². The van der Waals surface area contributed by atoms with Crippen molar-refractivity contribution in [2.75, 3.05) is 13.6 Å². The van der Waals surface area contributed by atoms with Crippen molar-refractivity contribution in [2.24, 2.45) is 5.92 Å². The van der Waals surface area contributed by atoms with Crippen molar-refractivity contribution in [3.05, 3.63) is 88.7 Å². The second-order valence-electron chi connectivity index (χ2n) is 7.99. The van der Waals surface area contributed by atoms with E-state index < -0.39 is 0 Å². The Bertz CT molecular complexity index is 1070. The monoisotopic (exact) mass is 436 g/mol. The summed E-state index contributed by atoms with van der Waals surface area (Å²) in [4.78, 5) is 28.8. The molecule has 1 atom stereocenters. The lowest BCUT2D eigenvalue weighted by molar-refractivity contribution is -0.135. The van der Waals surface area contributed by atoms with Crippen LogP contribution in [0.1, 0.15) is 23.1 Å². The van der Waals surface area contributed by atoms with Crippen molar-refractivity contribution in [3.8, 4) is 0 Å². The standard InChI is InChI=1S/C24H25ClN4O2/c1-27(13-19-12-26-29(15-19)14-18-7-3-2-4-8-18)24(31)21-11-23(30)28(17-21)16-20-9-5-6-10-22(20)25/h2-10,12,15,21H,11,13-14,16-17H2,1H3/t21-/m1/s1. The smallest absolute Gasteiger partial charge is 0.228 e. The van der Waals surface area contributed by atoms with Crippen LogP contribution in [0.3, 0.4) is 0 Å². The molecular weight excluding hydrogens is 412 g/mol. The zero-order valence-electron chi connectivity index (χ0n) is 17.4. The molecule has 2 heterocycles. The Hall–Kier alpha value is -3.12. The summed E-state index contributed by atoms with van der Waals surface area (Å²) in [6.45, 7) is 1.99.